The van der Waals surface area contributed by atoms with Gasteiger partial charge in [0.25, 0.3) is 10.2 Å². The van der Waals surface area contributed by atoms with Crippen LogP contribution in [0.5, 0.6) is 0 Å². The Morgan fingerprint density at radius 3 is 2.60 bits per heavy atom. The number of nitrogens with one attached hydrogen (secondary N) is 3. The van der Waals surface area contributed by atoms with E-state index in [1.165, 1.54) is 17.2 Å². The van der Waals surface area contributed by atoms with Gasteiger partial charge in [0.15, 0.2) is 0 Å². The van der Waals surface area contributed by atoms with E-state index in [2.05, 4.69) is 9.97 Å². The van der Waals surface area contributed by atoms with E-state index >= 15 is 0 Å². The maximum absolute atomic E-state index is 11.9. The number of nitrogens with zero attached hydrogens (tertiary/aromatic N) is 1. The van der Waals surface area contributed by atoms with Gasteiger partial charge in [-0.3, -0.25) is 4.79 Å². The Morgan fingerprint density at radius 2 is 2.15 bits per heavy atom. The molecule has 1 aromatic heterocycles. The second-order valence-electron chi connectivity index (χ2n) is 3.73. The third-order valence-corrected chi connectivity index (χ3v) is 3.16. The lowest BCUT2D eigenvalue weighted by Gasteiger charge is -2.15. The number of H-pyrrole nitrogens is 1. The topological polar surface area (TPSA) is 124 Å². The summed E-state index contributed by atoms with van der Waals surface area (Å²) in [6.07, 6.45) is -2.50. The predicted octanol–water partition coefficient (Wildman–Crippen LogP) is -0.608. The second kappa shape index (κ2) is 6.19. The summed E-state index contributed by atoms with van der Waals surface area (Å²) in [5.74, 6) is -1.53. The Morgan fingerprint density at radius 1 is 1.50 bits per heavy atom. The lowest BCUT2D eigenvalue weighted by atomic mass is 10.2. The first-order valence-electron chi connectivity index (χ1n) is 5.13. The highest BCUT2D eigenvalue weighted by Gasteiger charge is 2.31. The lowest BCUT2D eigenvalue weighted by Crippen LogP contribution is -2.49. The van der Waals surface area contributed by atoms with E-state index in [1.54, 1.807) is 4.72 Å². The normalized spacial score (nSPS) is 14.2. The molecule has 20 heavy (non-hydrogen) atoms. The number of aliphatic carboxylic acids is 1. The van der Waals surface area contributed by atoms with Crippen LogP contribution in [0.25, 0.3) is 0 Å². The van der Waals surface area contributed by atoms with Gasteiger partial charge in [0.05, 0.1) is 6.33 Å². The maximum atomic E-state index is 11.9. The minimum Gasteiger partial charge on any atom is -0.480 e. The smallest absolute Gasteiger partial charge is 0.402 e. The molecule has 0 amide bonds. The van der Waals surface area contributed by atoms with E-state index in [0.29, 0.717) is 5.69 Å². The fraction of sp³-hybridized carbons (Fsp3) is 0.500. The monoisotopic (exact) mass is 316 g/mol. The molecule has 0 unspecified atom stereocenters. The molecule has 12 heteroatoms. The molecule has 0 aliphatic rings. The average molecular weight is 316 g/mol. The lowest BCUT2D eigenvalue weighted by molar-refractivity contribution is -0.138. The largest absolute Gasteiger partial charge is 0.480 e. The molecule has 0 spiro atoms. The van der Waals surface area contributed by atoms with Crippen LogP contribution in [0.3, 0.4) is 0 Å². The molecule has 0 saturated heterocycles. The number of hydrogen-bond donors (Lipinski definition) is 4. The van der Waals surface area contributed by atoms with E-state index < -0.39 is 34.9 Å². The standard InChI is InChI=1S/C8H11F3N4O4S/c9-8(10,11)3-14-20(18,19)15-6(7(16)17)1-5-2-12-4-13-5/h2,4,6,14-15H,1,3H2,(H,12,13)(H,16,17)/t6-/m0/s1. The number of carbonyl (C=O) groups is 1. The molecule has 1 aromatic rings. The Balaban J connectivity index is 2.67. The third kappa shape index (κ3) is 5.99. The van der Waals surface area contributed by atoms with Gasteiger partial charge in [-0.2, -0.15) is 31.0 Å². The Bertz CT molecular complexity index is 543. The molecule has 1 rings (SSSR count). The Kier molecular flexibility index (Phi) is 5.08. The highest BCUT2D eigenvalue weighted by molar-refractivity contribution is 7.87. The average Bonchev–Trinajstić information content (AvgIpc) is 2.77. The van der Waals surface area contributed by atoms with E-state index in [1.807, 2.05) is 0 Å². The number of carboxylic acid groups (broad SMARTS) is 1. The summed E-state index contributed by atoms with van der Waals surface area (Å²) in [6, 6.07) is -1.62. The van der Waals surface area contributed by atoms with Crippen molar-refractivity contribution in [3.05, 3.63) is 18.2 Å². The van der Waals surface area contributed by atoms with Gasteiger partial charge in [-0.1, -0.05) is 0 Å². The molecule has 8 nitrogen and oxygen atoms in total. The summed E-state index contributed by atoms with van der Waals surface area (Å²) in [5.41, 5.74) is 0.316. The molecule has 114 valence electrons. The molecule has 4 N–H and O–H groups in total. The van der Waals surface area contributed by atoms with Gasteiger partial charge in [0.1, 0.15) is 12.6 Å². The van der Waals surface area contributed by atoms with Gasteiger partial charge in [-0.25, -0.2) is 4.98 Å². The molecule has 0 aliphatic heterocycles. The summed E-state index contributed by atoms with van der Waals surface area (Å²) in [4.78, 5) is 17.1. The van der Waals surface area contributed by atoms with Crippen LogP contribution in [0.4, 0.5) is 13.2 Å². The van der Waals surface area contributed by atoms with Crippen molar-refractivity contribution in [1.29, 1.82) is 0 Å². The molecular formula is C8H11F3N4O4S. The fourth-order valence-corrected chi connectivity index (χ4v) is 2.20. The highest BCUT2D eigenvalue weighted by atomic mass is 32.2. The molecule has 1 atom stereocenters. The van der Waals surface area contributed by atoms with Gasteiger partial charge in [0, 0.05) is 18.3 Å². The minimum absolute atomic E-state index is 0.289. The van der Waals surface area contributed by atoms with Crippen LogP contribution in [0.1, 0.15) is 5.69 Å². The van der Waals surface area contributed by atoms with E-state index in [-0.39, 0.29) is 6.42 Å². The molecule has 0 saturated carbocycles. The first-order valence-corrected chi connectivity index (χ1v) is 6.61. The van der Waals surface area contributed by atoms with Gasteiger partial charge < -0.3 is 10.1 Å². The summed E-state index contributed by atoms with van der Waals surface area (Å²) >= 11 is 0. The highest BCUT2D eigenvalue weighted by Crippen LogP contribution is 2.12. The van der Waals surface area contributed by atoms with Crippen LogP contribution < -0.4 is 9.44 Å². The fourth-order valence-electron chi connectivity index (χ4n) is 1.20. The third-order valence-electron chi connectivity index (χ3n) is 2.04. The summed E-state index contributed by atoms with van der Waals surface area (Å²) in [5, 5.41) is 8.85. The molecule has 0 aromatic carbocycles. The minimum atomic E-state index is -4.74. The van der Waals surface area contributed by atoms with Crippen molar-refractivity contribution in [2.75, 3.05) is 6.54 Å². The molecular weight excluding hydrogens is 305 g/mol. The first-order chi connectivity index (χ1) is 9.09. The molecule has 0 bridgehead atoms. The number of aromatic nitrogens is 2. The zero-order valence-electron chi connectivity index (χ0n) is 9.81. The van der Waals surface area contributed by atoms with E-state index in [4.69, 9.17) is 5.11 Å². The number of alkyl halides is 3. The van der Waals surface area contributed by atoms with E-state index in [9.17, 15) is 26.4 Å². The number of imidazole rings is 1. The molecule has 0 fully saturated rings. The van der Waals surface area contributed by atoms with E-state index in [0.717, 1.165) is 0 Å². The van der Waals surface area contributed by atoms with Crippen LogP contribution in [0.15, 0.2) is 12.5 Å². The van der Waals surface area contributed by atoms with Gasteiger partial charge in [0.2, 0.25) is 0 Å². The Hall–Kier alpha value is -1.66. The number of halogens is 3. The van der Waals surface area contributed by atoms with Crippen molar-refractivity contribution in [3.8, 4) is 0 Å². The number of aromatic amines is 1. The molecule has 1 heterocycles. The number of carboxylic acids is 1. The second-order valence-corrected chi connectivity index (χ2v) is 5.26. The SMILES string of the molecule is O=C(O)[C@H](Cc1cnc[nH]1)NS(=O)(=O)NCC(F)(F)F. The van der Waals surface area contributed by atoms with Crippen LogP contribution in [0.2, 0.25) is 0 Å². The summed E-state index contributed by atoms with van der Waals surface area (Å²) in [6.45, 7) is -1.79. The van der Waals surface area contributed by atoms with Crippen LogP contribution in [-0.2, 0) is 21.4 Å². The predicted molar refractivity (Wildman–Crippen MR) is 59.8 cm³/mol. The van der Waals surface area contributed by atoms with Crippen LogP contribution >= 0.6 is 0 Å². The van der Waals surface area contributed by atoms with Gasteiger partial charge >= 0.3 is 12.1 Å². The van der Waals surface area contributed by atoms with Crippen molar-refractivity contribution in [2.45, 2.75) is 18.6 Å². The van der Waals surface area contributed by atoms with Gasteiger partial charge in [-0.15, -0.1) is 0 Å². The zero-order valence-corrected chi connectivity index (χ0v) is 10.6. The van der Waals surface area contributed by atoms with Crippen LogP contribution in [-0.4, -0.2) is 48.2 Å². The zero-order chi connectivity index (χ0) is 15.4. The van der Waals surface area contributed by atoms with Crippen molar-refractivity contribution >= 4 is 16.2 Å². The Labute approximate surface area is 111 Å². The van der Waals surface area contributed by atoms with Crippen molar-refractivity contribution in [2.24, 2.45) is 0 Å². The van der Waals surface area contributed by atoms with Crippen molar-refractivity contribution in [3.63, 3.8) is 0 Å². The molecule has 0 aliphatic carbocycles. The van der Waals surface area contributed by atoms with Crippen molar-refractivity contribution in [1.82, 2.24) is 19.4 Å². The first kappa shape index (κ1) is 16.4. The maximum Gasteiger partial charge on any atom is 0.402 e. The number of rotatable bonds is 7. The van der Waals surface area contributed by atoms with Crippen molar-refractivity contribution < 1.29 is 31.5 Å². The summed E-state index contributed by atoms with van der Waals surface area (Å²) < 4.78 is 61.2. The van der Waals surface area contributed by atoms with Crippen LogP contribution in [0, 0.1) is 0 Å². The number of hydrogen-bond acceptors (Lipinski definition) is 4. The quantitative estimate of drug-likeness (QED) is 0.534. The summed E-state index contributed by atoms with van der Waals surface area (Å²) in [7, 11) is -4.60. The van der Waals surface area contributed by atoms with Gasteiger partial charge in [-0.05, 0) is 0 Å². The molecule has 0 radical (unpaired) electrons.